The maximum Gasteiger partial charge on any atom is 0.180 e. The lowest BCUT2D eigenvalue weighted by Gasteiger charge is -2.16. The highest BCUT2D eigenvalue weighted by Crippen LogP contribution is 2.25. The van der Waals surface area contributed by atoms with Gasteiger partial charge in [-0.15, -0.1) is 0 Å². The molecular formula is C18H15F2N7. The molecule has 7 nitrogen and oxygen atoms in total. The van der Waals surface area contributed by atoms with E-state index in [0.717, 1.165) is 6.20 Å². The number of nitrogen functional groups attached to an aromatic ring is 1. The maximum absolute atomic E-state index is 13.6. The van der Waals surface area contributed by atoms with E-state index in [1.54, 1.807) is 22.7 Å². The van der Waals surface area contributed by atoms with Gasteiger partial charge in [0.15, 0.2) is 11.6 Å². The van der Waals surface area contributed by atoms with Crippen molar-refractivity contribution in [2.24, 2.45) is 0 Å². The van der Waals surface area contributed by atoms with Gasteiger partial charge in [0, 0.05) is 6.20 Å². The number of imidazole rings is 1. The van der Waals surface area contributed by atoms with Crippen molar-refractivity contribution >= 4 is 17.2 Å². The molecule has 9 heteroatoms. The summed E-state index contributed by atoms with van der Waals surface area (Å²) in [6.07, 6.45) is 5.49. The van der Waals surface area contributed by atoms with Crippen LogP contribution in [0.15, 0.2) is 49.1 Å². The number of nitrogens with zero attached hydrogens (tertiary/aromatic N) is 5. The van der Waals surface area contributed by atoms with Crippen molar-refractivity contribution in [3.05, 3.63) is 66.4 Å². The quantitative estimate of drug-likeness (QED) is 0.575. The summed E-state index contributed by atoms with van der Waals surface area (Å²) >= 11 is 0. The Labute approximate surface area is 152 Å². The van der Waals surface area contributed by atoms with Gasteiger partial charge in [-0.05, 0) is 31.2 Å². The lowest BCUT2D eigenvalue weighted by Crippen LogP contribution is -2.12. The number of rotatable bonds is 4. The Balaban J connectivity index is 1.68. The number of nitrogens with two attached hydrogens (primary N) is 1. The van der Waals surface area contributed by atoms with Crippen LogP contribution in [0.5, 0.6) is 0 Å². The normalized spacial score (nSPS) is 12.3. The molecule has 4 rings (SSSR count). The van der Waals surface area contributed by atoms with Gasteiger partial charge < -0.3 is 11.1 Å². The molecule has 0 saturated heterocycles. The van der Waals surface area contributed by atoms with Crippen molar-refractivity contribution in [3.63, 3.8) is 0 Å². The molecule has 4 aromatic heterocycles. The van der Waals surface area contributed by atoms with Crippen LogP contribution >= 0.6 is 0 Å². The lowest BCUT2D eigenvalue weighted by molar-refractivity contribution is 0.617. The number of fused-ring (bicyclic) bond motifs is 1. The van der Waals surface area contributed by atoms with E-state index in [0.29, 0.717) is 34.4 Å². The number of nitrogens with one attached hydrogen (secondary N) is 1. The summed E-state index contributed by atoms with van der Waals surface area (Å²) in [7, 11) is 0. The standard InChI is InChI=1S/C18H15F2N7/c1-10(14-4-2-11(19)6-22-14)25-17-13(21)7-24-18(26-17)15-8-23-16-5-3-12(20)9-27(15)16/h2-10H,21H2,1H3,(H,24,25,26)/t10-/m1/s1. The third kappa shape index (κ3) is 3.26. The number of aromatic nitrogens is 5. The van der Waals surface area contributed by atoms with Crippen molar-refractivity contribution in [2.45, 2.75) is 13.0 Å². The Bertz CT molecular complexity index is 1110. The summed E-state index contributed by atoms with van der Waals surface area (Å²) in [4.78, 5) is 16.9. The van der Waals surface area contributed by atoms with Crippen LogP contribution < -0.4 is 11.1 Å². The highest BCUT2D eigenvalue weighted by Gasteiger charge is 2.14. The van der Waals surface area contributed by atoms with Crippen LogP contribution in [-0.4, -0.2) is 24.3 Å². The van der Waals surface area contributed by atoms with Gasteiger partial charge in [0.2, 0.25) is 0 Å². The van der Waals surface area contributed by atoms with Crippen molar-refractivity contribution in [2.75, 3.05) is 11.1 Å². The van der Waals surface area contributed by atoms with E-state index in [9.17, 15) is 8.78 Å². The Morgan fingerprint density at radius 2 is 1.81 bits per heavy atom. The van der Waals surface area contributed by atoms with Crippen molar-refractivity contribution in [1.29, 1.82) is 0 Å². The molecule has 0 aliphatic carbocycles. The SMILES string of the molecule is C[C@@H](Nc1nc(-c2cnc3ccc(F)cn23)ncc1N)c1ccc(F)cn1. The molecule has 0 aliphatic rings. The molecule has 0 saturated carbocycles. The number of halogens is 2. The smallest absolute Gasteiger partial charge is 0.180 e. The van der Waals surface area contributed by atoms with Crippen LogP contribution in [0.25, 0.3) is 17.2 Å². The van der Waals surface area contributed by atoms with Gasteiger partial charge in [0.1, 0.15) is 23.0 Å². The Morgan fingerprint density at radius 3 is 2.59 bits per heavy atom. The van der Waals surface area contributed by atoms with Crippen LogP contribution in [0.3, 0.4) is 0 Å². The zero-order chi connectivity index (χ0) is 19.0. The first-order valence-corrected chi connectivity index (χ1v) is 8.15. The molecule has 3 N–H and O–H groups in total. The molecule has 0 fully saturated rings. The van der Waals surface area contributed by atoms with Crippen molar-refractivity contribution in [1.82, 2.24) is 24.3 Å². The summed E-state index contributed by atoms with van der Waals surface area (Å²) in [5.41, 5.74) is 8.05. The largest absolute Gasteiger partial charge is 0.394 e. The Morgan fingerprint density at radius 1 is 1.00 bits per heavy atom. The molecule has 0 unspecified atom stereocenters. The predicted octanol–water partition coefficient (Wildman–Crippen LogP) is 3.22. The summed E-state index contributed by atoms with van der Waals surface area (Å²) in [5, 5.41) is 3.14. The zero-order valence-electron chi connectivity index (χ0n) is 14.3. The summed E-state index contributed by atoms with van der Waals surface area (Å²) in [5.74, 6) is -0.0739. The third-order valence-electron chi connectivity index (χ3n) is 4.06. The van der Waals surface area contributed by atoms with Crippen LogP contribution in [0, 0.1) is 11.6 Å². The van der Waals surface area contributed by atoms with Gasteiger partial charge in [0.05, 0.1) is 36.0 Å². The van der Waals surface area contributed by atoms with E-state index < -0.39 is 11.6 Å². The van der Waals surface area contributed by atoms with E-state index in [4.69, 9.17) is 5.73 Å². The number of pyridine rings is 2. The zero-order valence-corrected chi connectivity index (χ0v) is 14.3. The molecular weight excluding hydrogens is 352 g/mol. The van der Waals surface area contributed by atoms with E-state index in [1.807, 2.05) is 6.92 Å². The molecule has 27 heavy (non-hydrogen) atoms. The second-order valence-corrected chi connectivity index (χ2v) is 5.98. The van der Waals surface area contributed by atoms with Gasteiger partial charge in [-0.1, -0.05) is 0 Å². The van der Waals surface area contributed by atoms with E-state index >= 15 is 0 Å². The van der Waals surface area contributed by atoms with Crippen LogP contribution in [0.2, 0.25) is 0 Å². The third-order valence-corrected chi connectivity index (χ3v) is 4.06. The Kier molecular flexibility index (Phi) is 4.11. The molecule has 0 amide bonds. The van der Waals surface area contributed by atoms with Gasteiger partial charge in [-0.25, -0.2) is 23.7 Å². The Hall–Kier alpha value is -3.62. The van der Waals surface area contributed by atoms with Gasteiger partial charge >= 0.3 is 0 Å². The minimum absolute atomic E-state index is 0.268. The fraction of sp³-hybridized carbons (Fsp3) is 0.111. The minimum Gasteiger partial charge on any atom is -0.394 e. The predicted molar refractivity (Wildman–Crippen MR) is 96.8 cm³/mol. The van der Waals surface area contributed by atoms with Gasteiger partial charge in [0.25, 0.3) is 0 Å². The van der Waals surface area contributed by atoms with Crippen LogP contribution in [-0.2, 0) is 0 Å². The maximum atomic E-state index is 13.6. The average Bonchev–Trinajstić information content (AvgIpc) is 3.07. The fourth-order valence-electron chi connectivity index (χ4n) is 2.67. The van der Waals surface area contributed by atoms with Gasteiger partial charge in [-0.3, -0.25) is 9.38 Å². The van der Waals surface area contributed by atoms with Gasteiger partial charge in [-0.2, -0.15) is 0 Å². The molecule has 0 radical (unpaired) electrons. The summed E-state index contributed by atoms with van der Waals surface area (Å²) in [6, 6.07) is 5.55. The first-order chi connectivity index (χ1) is 13.0. The molecule has 0 aromatic carbocycles. The summed E-state index contributed by atoms with van der Waals surface area (Å²) < 4.78 is 28.2. The monoisotopic (exact) mass is 367 g/mol. The molecule has 0 aliphatic heterocycles. The van der Waals surface area contributed by atoms with E-state index in [2.05, 4.69) is 25.3 Å². The molecule has 0 spiro atoms. The average molecular weight is 367 g/mol. The number of hydrogen-bond acceptors (Lipinski definition) is 6. The van der Waals surface area contributed by atoms with E-state index in [-0.39, 0.29) is 6.04 Å². The highest BCUT2D eigenvalue weighted by atomic mass is 19.1. The molecule has 1 atom stereocenters. The highest BCUT2D eigenvalue weighted by molar-refractivity contribution is 5.66. The minimum atomic E-state index is -0.408. The molecule has 4 heterocycles. The van der Waals surface area contributed by atoms with Crippen molar-refractivity contribution in [3.8, 4) is 11.5 Å². The van der Waals surface area contributed by atoms with Crippen LogP contribution in [0.4, 0.5) is 20.3 Å². The second kappa shape index (κ2) is 6.60. The first-order valence-electron chi connectivity index (χ1n) is 8.15. The lowest BCUT2D eigenvalue weighted by atomic mass is 10.2. The number of hydrogen-bond donors (Lipinski definition) is 2. The fourth-order valence-corrected chi connectivity index (χ4v) is 2.67. The van der Waals surface area contributed by atoms with Crippen LogP contribution in [0.1, 0.15) is 18.7 Å². The first kappa shape index (κ1) is 16.8. The molecule has 0 bridgehead atoms. The van der Waals surface area contributed by atoms with Crippen molar-refractivity contribution < 1.29 is 8.78 Å². The van der Waals surface area contributed by atoms with E-state index in [1.165, 1.54) is 24.5 Å². The molecule has 4 aromatic rings. The molecule has 136 valence electrons. The summed E-state index contributed by atoms with van der Waals surface area (Å²) in [6.45, 7) is 1.85. The topological polar surface area (TPSA) is 94.0 Å². The number of anilines is 2. The second-order valence-electron chi connectivity index (χ2n) is 5.98.